The molecule has 0 saturated heterocycles. The molecule has 0 aliphatic rings. The topological polar surface area (TPSA) is 84.0 Å². The van der Waals surface area contributed by atoms with E-state index in [9.17, 15) is 14.0 Å². The summed E-state index contributed by atoms with van der Waals surface area (Å²) in [6, 6.07) is 17.5. The Hall–Kier alpha value is -3.30. The third kappa shape index (κ3) is 4.47. The van der Waals surface area contributed by atoms with Crippen LogP contribution in [-0.4, -0.2) is 27.5 Å². The van der Waals surface area contributed by atoms with Crippen LogP contribution in [0.5, 0.6) is 0 Å². The Bertz CT molecular complexity index is 1210. The minimum Gasteiger partial charge on any atom is -0.272 e. The number of thioether (sulfide) groups is 1. The van der Waals surface area contributed by atoms with Crippen molar-refractivity contribution < 1.29 is 14.0 Å². The van der Waals surface area contributed by atoms with E-state index in [-0.39, 0.29) is 11.3 Å². The lowest BCUT2D eigenvalue weighted by Gasteiger charge is -2.08. The molecule has 4 rings (SSSR count). The summed E-state index contributed by atoms with van der Waals surface area (Å²) < 4.78 is 13.6. The summed E-state index contributed by atoms with van der Waals surface area (Å²) in [6.07, 6.45) is 1.47. The van der Waals surface area contributed by atoms with Crippen LogP contribution in [0.4, 0.5) is 4.39 Å². The normalized spacial score (nSPS) is 10.7. The Labute approximate surface area is 179 Å². The van der Waals surface area contributed by atoms with Gasteiger partial charge >= 0.3 is 0 Å². The second-order valence-corrected chi connectivity index (χ2v) is 8.14. The van der Waals surface area contributed by atoms with Gasteiger partial charge in [0.15, 0.2) is 0 Å². The lowest BCUT2D eigenvalue weighted by molar-refractivity contribution is -0.119. The molecule has 0 bridgehead atoms. The van der Waals surface area contributed by atoms with Crippen LogP contribution in [0.3, 0.4) is 0 Å². The van der Waals surface area contributed by atoms with Crippen LogP contribution >= 0.6 is 23.1 Å². The molecule has 9 heteroatoms. The summed E-state index contributed by atoms with van der Waals surface area (Å²) in [4.78, 5) is 34.6. The summed E-state index contributed by atoms with van der Waals surface area (Å²) in [7, 11) is 0. The summed E-state index contributed by atoms with van der Waals surface area (Å²) in [6.45, 7) is 0. The zero-order valence-electron chi connectivity index (χ0n) is 15.5. The van der Waals surface area contributed by atoms with Crippen LogP contribution in [0.15, 0.2) is 72.0 Å². The van der Waals surface area contributed by atoms with E-state index in [1.165, 1.54) is 36.3 Å². The molecule has 150 valence electrons. The smallest absolute Gasteiger partial charge is 0.272 e. The monoisotopic (exact) mass is 438 g/mol. The van der Waals surface area contributed by atoms with Crippen LogP contribution in [0, 0.1) is 5.82 Å². The number of nitrogens with one attached hydrogen (secondary N) is 2. The largest absolute Gasteiger partial charge is 0.272 e. The first-order valence-electron chi connectivity index (χ1n) is 8.88. The SMILES string of the molecule is O=C(CSc1ncnc2sc(-c3ccccc3)cc12)NNC(=O)c1ccccc1F. The van der Waals surface area contributed by atoms with E-state index in [2.05, 4.69) is 20.8 Å². The average Bonchev–Trinajstić information content (AvgIpc) is 3.22. The lowest BCUT2D eigenvalue weighted by atomic mass is 10.2. The highest BCUT2D eigenvalue weighted by molar-refractivity contribution is 8.00. The fourth-order valence-electron chi connectivity index (χ4n) is 2.70. The Morgan fingerprint density at radius 2 is 1.77 bits per heavy atom. The number of hydrazine groups is 1. The molecule has 2 aromatic carbocycles. The number of carbonyl (C=O) groups is 2. The van der Waals surface area contributed by atoms with Gasteiger partial charge in [-0.1, -0.05) is 54.2 Å². The van der Waals surface area contributed by atoms with Gasteiger partial charge in [-0.25, -0.2) is 14.4 Å². The molecule has 4 aromatic rings. The van der Waals surface area contributed by atoms with Gasteiger partial charge in [-0.3, -0.25) is 20.4 Å². The molecule has 0 fully saturated rings. The Kier molecular flexibility index (Phi) is 6.01. The standard InChI is InChI=1S/C21H15FN4O2S2/c22-16-9-5-4-8-14(16)19(28)26-25-18(27)11-29-20-15-10-17(13-6-2-1-3-7-13)30-21(15)24-12-23-20/h1-10,12H,11H2,(H,25,27)(H,26,28). The van der Waals surface area contributed by atoms with Crippen LogP contribution in [0.2, 0.25) is 0 Å². The van der Waals surface area contributed by atoms with Crippen LogP contribution in [0.25, 0.3) is 20.7 Å². The number of thiophene rings is 1. The fraction of sp³-hybridized carbons (Fsp3) is 0.0476. The molecule has 2 N–H and O–H groups in total. The van der Waals surface area contributed by atoms with Gasteiger partial charge in [-0.15, -0.1) is 11.3 Å². The highest BCUT2D eigenvalue weighted by Gasteiger charge is 2.14. The number of benzene rings is 2. The molecule has 6 nitrogen and oxygen atoms in total. The number of hydrogen-bond donors (Lipinski definition) is 2. The molecule has 2 amide bonds. The Morgan fingerprint density at radius 1 is 1.00 bits per heavy atom. The van der Waals surface area contributed by atoms with Crippen molar-refractivity contribution in [3.8, 4) is 10.4 Å². The fourth-order valence-corrected chi connectivity index (χ4v) is 4.54. The molecule has 0 aliphatic heterocycles. The van der Waals surface area contributed by atoms with Gasteiger partial charge in [0.25, 0.3) is 5.91 Å². The number of aromatic nitrogens is 2. The first-order valence-corrected chi connectivity index (χ1v) is 10.7. The number of rotatable bonds is 5. The summed E-state index contributed by atoms with van der Waals surface area (Å²) in [5.41, 5.74) is 5.45. The number of nitrogens with zero attached hydrogens (tertiary/aromatic N) is 2. The lowest BCUT2D eigenvalue weighted by Crippen LogP contribution is -2.42. The van der Waals surface area contributed by atoms with E-state index in [1.54, 1.807) is 17.4 Å². The quantitative estimate of drug-likeness (QED) is 0.279. The van der Waals surface area contributed by atoms with Gasteiger partial charge in [0.05, 0.1) is 11.3 Å². The minimum atomic E-state index is -0.721. The van der Waals surface area contributed by atoms with Gasteiger partial charge in [0, 0.05) is 10.3 Å². The molecule has 0 spiro atoms. The maximum absolute atomic E-state index is 13.6. The van der Waals surface area contributed by atoms with Crippen molar-refractivity contribution in [2.24, 2.45) is 0 Å². The second-order valence-electron chi connectivity index (χ2n) is 6.15. The van der Waals surface area contributed by atoms with E-state index in [4.69, 9.17) is 0 Å². The van der Waals surface area contributed by atoms with Crippen LogP contribution < -0.4 is 10.9 Å². The first-order chi connectivity index (χ1) is 14.6. The average molecular weight is 439 g/mol. The van der Waals surface area contributed by atoms with Gasteiger partial charge in [-0.2, -0.15) is 0 Å². The molecule has 30 heavy (non-hydrogen) atoms. The predicted octanol–water partition coefficient (Wildman–Crippen LogP) is 4.05. The number of hydrogen-bond acceptors (Lipinski definition) is 6. The number of amides is 2. The molecule has 2 heterocycles. The predicted molar refractivity (Wildman–Crippen MR) is 116 cm³/mol. The Morgan fingerprint density at radius 3 is 2.57 bits per heavy atom. The third-order valence-corrected chi connectivity index (χ3v) is 6.22. The zero-order valence-corrected chi connectivity index (χ0v) is 17.1. The highest BCUT2D eigenvalue weighted by atomic mass is 32.2. The number of carbonyl (C=O) groups excluding carboxylic acids is 2. The van der Waals surface area contributed by atoms with Gasteiger partial charge in [-0.05, 0) is 23.8 Å². The minimum absolute atomic E-state index is 0.0280. The molecular weight excluding hydrogens is 423 g/mol. The van der Waals surface area contributed by atoms with Crippen molar-refractivity contribution in [3.05, 3.63) is 78.4 Å². The third-order valence-electron chi connectivity index (χ3n) is 4.13. The van der Waals surface area contributed by atoms with Gasteiger partial charge in [0.1, 0.15) is 22.0 Å². The van der Waals surface area contributed by atoms with Crippen molar-refractivity contribution in [2.45, 2.75) is 5.03 Å². The molecule has 0 aliphatic carbocycles. The number of fused-ring (bicyclic) bond motifs is 1. The molecule has 2 aromatic heterocycles. The molecule has 0 saturated carbocycles. The highest BCUT2D eigenvalue weighted by Crippen LogP contribution is 2.35. The van der Waals surface area contributed by atoms with Crippen molar-refractivity contribution in [1.82, 2.24) is 20.8 Å². The van der Waals surface area contributed by atoms with E-state index in [0.29, 0.717) is 5.03 Å². The van der Waals surface area contributed by atoms with Crippen molar-refractivity contribution in [3.63, 3.8) is 0 Å². The van der Waals surface area contributed by atoms with Crippen molar-refractivity contribution in [2.75, 3.05) is 5.75 Å². The van der Waals surface area contributed by atoms with Gasteiger partial charge < -0.3 is 0 Å². The summed E-state index contributed by atoms with van der Waals surface area (Å²) in [5, 5.41) is 1.54. The molecule has 0 unspecified atom stereocenters. The maximum Gasteiger partial charge on any atom is 0.272 e. The van der Waals surface area contributed by atoms with Crippen molar-refractivity contribution in [1.29, 1.82) is 0 Å². The molecule has 0 radical (unpaired) electrons. The zero-order chi connectivity index (χ0) is 20.9. The second kappa shape index (κ2) is 9.02. The van der Waals surface area contributed by atoms with Crippen molar-refractivity contribution >= 4 is 45.1 Å². The maximum atomic E-state index is 13.6. The Balaban J connectivity index is 1.40. The number of halogens is 1. The van der Waals surface area contributed by atoms with Crippen LogP contribution in [0.1, 0.15) is 10.4 Å². The summed E-state index contributed by atoms with van der Waals surface area (Å²) in [5.74, 6) is -1.79. The first kappa shape index (κ1) is 20.0. The van der Waals surface area contributed by atoms with Crippen LogP contribution in [-0.2, 0) is 4.79 Å². The van der Waals surface area contributed by atoms with Gasteiger partial charge in [0.2, 0.25) is 5.91 Å². The van der Waals surface area contributed by atoms with E-state index in [1.807, 2.05) is 36.4 Å². The van der Waals surface area contributed by atoms with E-state index < -0.39 is 17.6 Å². The van der Waals surface area contributed by atoms with E-state index in [0.717, 1.165) is 20.7 Å². The summed E-state index contributed by atoms with van der Waals surface area (Å²) >= 11 is 2.79. The molecular formula is C21H15FN4O2S2. The molecule has 0 atom stereocenters. The van der Waals surface area contributed by atoms with E-state index >= 15 is 0 Å².